The minimum atomic E-state index is 0.403. The van der Waals surface area contributed by atoms with Gasteiger partial charge in [-0.05, 0) is 37.0 Å². The first-order valence-corrected chi connectivity index (χ1v) is 6.39. The van der Waals surface area contributed by atoms with Crippen molar-refractivity contribution in [1.29, 1.82) is 0 Å². The molecule has 90 valence electrons. The van der Waals surface area contributed by atoms with Crippen molar-refractivity contribution in [3.8, 4) is 0 Å². The fourth-order valence-electron chi connectivity index (χ4n) is 2.38. The van der Waals surface area contributed by atoms with E-state index in [2.05, 4.69) is 34.6 Å². The summed E-state index contributed by atoms with van der Waals surface area (Å²) in [5, 5.41) is 0. The third-order valence-corrected chi connectivity index (χ3v) is 2.80. The molecule has 0 aromatic rings. The van der Waals surface area contributed by atoms with Gasteiger partial charge in [-0.2, -0.15) is 0 Å². The lowest BCUT2D eigenvalue weighted by Crippen LogP contribution is -2.15. The van der Waals surface area contributed by atoms with Gasteiger partial charge in [-0.3, -0.25) is 4.79 Å². The van der Waals surface area contributed by atoms with Crippen LogP contribution in [-0.4, -0.2) is 5.78 Å². The molecule has 0 aromatic carbocycles. The average molecular weight is 212 g/mol. The molecule has 0 fully saturated rings. The summed E-state index contributed by atoms with van der Waals surface area (Å²) in [6.07, 6.45) is 6.06. The van der Waals surface area contributed by atoms with Gasteiger partial charge in [0.05, 0.1) is 0 Å². The molecule has 0 N–H and O–H groups in total. The van der Waals surface area contributed by atoms with Gasteiger partial charge in [-0.1, -0.05) is 34.6 Å². The molecule has 0 aliphatic rings. The van der Waals surface area contributed by atoms with Crippen molar-refractivity contribution in [3.05, 3.63) is 0 Å². The highest BCUT2D eigenvalue weighted by Gasteiger charge is 2.19. The van der Waals surface area contributed by atoms with Gasteiger partial charge in [-0.25, -0.2) is 0 Å². The van der Waals surface area contributed by atoms with Crippen LogP contribution in [0.1, 0.15) is 73.1 Å². The summed E-state index contributed by atoms with van der Waals surface area (Å²) in [6, 6.07) is 0. The summed E-state index contributed by atoms with van der Waals surface area (Å²) in [5.74, 6) is 1.20. The minimum Gasteiger partial charge on any atom is -0.300 e. The number of carbonyl (C=O) groups excluding carboxylic acids is 1. The molecule has 0 saturated heterocycles. The second-order valence-corrected chi connectivity index (χ2v) is 5.90. The second kappa shape index (κ2) is 7.03. The number of ketones is 1. The fourth-order valence-corrected chi connectivity index (χ4v) is 2.38. The van der Waals surface area contributed by atoms with E-state index in [-0.39, 0.29) is 0 Å². The summed E-state index contributed by atoms with van der Waals surface area (Å²) >= 11 is 0. The van der Waals surface area contributed by atoms with Crippen LogP contribution in [0.5, 0.6) is 0 Å². The minimum absolute atomic E-state index is 0.403. The second-order valence-electron chi connectivity index (χ2n) is 5.90. The van der Waals surface area contributed by atoms with E-state index in [1.165, 1.54) is 12.8 Å². The van der Waals surface area contributed by atoms with E-state index in [9.17, 15) is 4.79 Å². The van der Waals surface area contributed by atoms with E-state index >= 15 is 0 Å². The van der Waals surface area contributed by atoms with Crippen molar-refractivity contribution in [2.45, 2.75) is 73.1 Å². The number of rotatable bonds is 8. The topological polar surface area (TPSA) is 17.1 Å². The maximum absolute atomic E-state index is 11.4. The lowest BCUT2D eigenvalue weighted by atomic mass is 9.79. The molecule has 0 radical (unpaired) electrons. The number of carbonyl (C=O) groups is 1. The normalized spacial score (nSPS) is 12.1. The molecule has 0 unspecified atom stereocenters. The highest BCUT2D eigenvalue weighted by atomic mass is 16.1. The molecule has 0 aliphatic carbocycles. The van der Waals surface area contributed by atoms with E-state index in [0.29, 0.717) is 11.2 Å². The zero-order chi connectivity index (χ0) is 11.9. The van der Waals surface area contributed by atoms with Crippen molar-refractivity contribution < 1.29 is 4.79 Å². The fraction of sp³-hybridized carbons (Fsp3) is 0.929. The molecule has 0 heterocycles. The molecular formula is C14H28O. The van der Waals surface area contributed by atoms with Crippen molar-refractivity contribution in [2.24, 2.45) is 11.3 Å². The molecule has 0 atom stereocenters. The first kappa shape index (κ1) is 14.7. The Morgan fingerprint density at radius 1 is 1.20 bits per heavy atom. The van der Waals surface area contributed by atoms with Gasteiger partial charge < -0.3 is 0 Å². The quantitative estimate of drug-likeness (QED) is 0.574. The maximum atomic E-state index is 11.4. The molecule has 0 saturated carbocycles. The Bertz CT molecular complexity index is 180. The van der Waals surface area contributed by atoms with Gasteiger partial charge in [-0.15, -0.1) is 0 Å². The van der Waals surface area contributed by atoms with Gasteiger partial charge in [0.2, 0.25) is 0 Å². The molecule has 15 heavy (non-hydrogen) atoms. The average Bonchev–Trinajstić information content (AvgIpc) is 2.01. The van der Waals surface area contributed by atoms with Crippen molar-refractivity contribution in [2.75, 3.05) is 0 Å². The Hall–Kier alpha value is -0.330. The zero-order valence-electron chi connectivity index (χ0n) is 11.2. The summed E-state index contributed by atoms with van der Waals surface area (Å²) in [5.41, 5.74) is 0.403. The maximum Gasteiger partial charge on any atom is 0.132 e. The SMILES string of the molecule is CCCC(=O)CCCC(C)(C)CC(C)C. The van der Waals surface area contributed by atoms with E-state index in [0.717, 1.165) is 31.6 Å². The first-order chi connectivity index (χ1) is 6.87. The van der Waals surface area contributed by atoms with Crippen LogP contribution in [-0.2, 0) is 4.79 Å². The Labute approximate surface area is 95.6 Å². The van der Waals surface area contributed by atoms with Crippen LogP contribution in [0.25, 0.3) is 0 Å². The third kappa shape index (κ3) is 8.65. The summed E-state index contributed by atoms with van der Waals surface area (Å²) in [7, 11) is 0. The first-order valence-electron chi connectivity index (χ1n) is 6.39. The van der Waals surface area contributed by atoms with Crippen LogP contribution in [0.4, 0.5) is 0 Å². The Morgan fingerprint density at radius 3 is 2.27 bits per heavy atom. The van der Waals surface area contributed by atoms with E-state index in [4.69, 9.17) is 0 Å². The molecule has 1 nitrogen and oxygen atoms in total. The Kier molecular flexibility index (Phi) is 6.87. The smallest absolute Gasteiger partial charge is 0.132 e. The molecule has 0 amide bonds. The van der Waals surface area contributed by atoms with Crippen LogP contribution in [0.15, 0.2) is 0 Å². The van der Waals surface area contributed by atoms with Crippen molar-refractivity contribution in [1.82, 2.24) is 0 Å². The molecule has 0 rings (SSSR count). The summed E-state index contributed by atoms with van der Waals surface area (Å²) < 4.78 is 0. The van der Waals surface area contributed by atoms with E-state index in [1.54, 1.807) is 0 Å². The lowest BCUT2D eigenvalue weighted by Gasteiger charge is -2.26. The monoisotopic (exact) mass is 212 g/mol. The van der Waals surface area contributed by atoms with Gasteiger partial charge in [0.25, 0.3) is 0 Å². The van der Waals surface area contributed by atoms with Gasteiger partial charge >= 0.3 is 0 Å². The standard InChI is InChI=1S/C14H28O/c1-6-8-13(15)9-7-10-14(4,5)11-12(2)3/h12H,6-11H2,1-5H3. The lowest BCUT2D eigenvalue weighted by molar-refractivity contribution is -0.119. The van der Waals surface area contributed by atoms with Crippen LogP contribution in [0.2, 0.25) is 0 Å². The van der Waals surface area contributed by atoms with E-state index in [1.807, 2.05) is 0 Å². The molecule has 0 spiro atoms. The number of Topliss-reactive ketones (excluding diaryl/α,β-unsaturated/α-hetero) is 1. The van der Waals surface area contributed by atoms with E-state index < -0.39 is 0 Å². The third-order valence-electron chi connectivity index (χ3n) is 2.80. The molecule has 0 aromatic heterocycles. The molecular weight excluding hydrogens is 184 g/mol. The predicted molar refractivity (Wildman–Crippen MR) is 67.0 cm³/mol. The van der Waals surface area contributed by atoms with Gasteiger partial charge in [0.15, 0.2) is 0 Å². The van der Waals surface area contributed by atoms with Crippen LogP contribution in [0.3, 0.4) is 0 Å². The van der Waals surface area contributed by atoms with Crippen LogP contribution >= 0.6 is 0 Å². The predicted octanol–water partition coefficient (Wildman–Crippen LogP) is 4.60. The Balaban J connectivity index is 3.69. The summed E-state index contributed by atoms with van der Waals surface area (Å²) in [6.45, 7) is 11.2. The highest BCUT2D eigenvalue weighted by molar-refractivity contribution is 5.78. The summed E-state index contributed by atoms with van der Waals surface area (Å²) in [4.78, 5) is 11.4. The van der Waals surface area contributed by atoms with Crippen LogP contribution < -0.4 is 0 Å². The Morgan fingerprint density at radius 2 is 1.80 bits per heavy atom. The van der Waals surface area contributed by atoms with Crippen molar-refractivity contribution in [3.63, 3.8) is 0 Å². The van der Waals surface area contributed by atoms with Crippen molar-refractivity contribution >= 4 is 5.78 Å². The van der Waals surface area contributed by atoms with Crippen LogP contribution in [0, 0.1) is 11.3 Å². The number of hydrogen-bond donors (Lipinski definition) is 0. The molecule has 1 heteroatoms. The molecule has 0 aliphatic heterocycles. The van der Waals surface area contributed by atoms with Gasteiger partial charge in [0, 0.05) is 12.8 Å². The highest BCUT2D eigenvalue weighted by Crippen LogP contribution is 2.30. The zero-order valence-corrected chi connectivity index (χ0v) is 11.2. The molecule has 0 bridgehead atoms. The largest absolute Gasteiger partial charge is 0.300 e. The van der Waals surface area contributed by atoms with Gasteiger partial charge in [0.1, 0.15) is 5.78 Å². The number of hydrogen-bond acceptors (Lipinski definition) is 1.